The number of primary amides is 1. The van der Waals surface area contributed by atoms with Gasteiger partial charge in [-0.25, -0.2) is 0 Å². The third kappa shape index (κ3) is 3.17. The lowest BCUT2D eigenvalue weighted by molar-refractivity contribution is 0.100. The van der Waals surface area contributed by atoms with Crippen LogP contribution in [-0.2, 0) is 0 Å². The summed E-state index contributed by atoms with van der Waals surface area (Å²) in [4.78, 5) is 23.8. The van der Waals surface area contributed by atoms with Gasteiger partial charge in [-0.15, -0.1) is 0 Å². The Labute approximate surface area is 127 Å². The van der Waals surface area contributed by atoms with Crippen molar-refractivity contribution < 1.29 is 19.1 Å². The van der Waals surface area contributed by atoms with Gasteiger partial charge in [0.2, 0.25) is 0 Å². The van der Waals surface area contributed by atoms with E-state index in [1.165, 1.54) is 14.2 Å². The molecule has 0 saturated heterocycles. The van der Waals surface area contributed by atoms with Gasteiger partial charge in [-0.05, 0) is 30.3 Å². The molecule has 0 fully saturated rings. The molecule has 6 nitrogen and oxygen atoms in total. The number of nitrogens with two attached hydrogens (primary N) is 1. The van der Waals surface area contributed by atoms with Crippen LogP contribution in [0.5, 0.6) is 11.5 Å². The molecule has 0 aromatic heterocycles. The molecule has 2 aromatic rings. The van der Waals surface area contributed by atoms with Crippen molar-refractivity contribution in [3.63, 3.8) is 0 Å². The maximum absolute atomic E-state index is 12.4. The molecule has 0 heterocycles. The second-order valence-electron chi connectivity index (χ2n) is 4.43. The van der Waals surface area contributed by atoms with Crippen LogP contribution in [0.1, 0.15) is 20.7 Å². The van der Waals surface area contributed by atoms with E-state index in [0.29, 0.717) is 22.7 Å². The molecule has 114 valence electrons. The van der Waals surface area contributed by atoms with Crippen LogP contribution in [0.25, 0.3) is 0 Å². The summed E-state index contributed by atoms with van der Waals surface area (Å²) in [5.74, 6) is -0.123. The molecule has 0 atom stereocenters. The first-order valence-electron chi connectivity index (χ1n) is 6.49. The molecule has 0 unspecified atom stereocenters. The van der Waals surface area contributed by atoms with Crippen molar-refractivity contribution in [1.82, 2.24) is 0 Å². The molecule has 0 radical (unpaired) electrons. The van der Waals surface area contributed by atoms with Gasteiger partial charge < -0.3 is 20.5 Å². The number of amides is 2. The first-order valence-corrected chi connectivity index (χ1v) is 6.49. The average molecular weight is 300 g/mol. The van der Waals surface area contributed by atoms with Gasteiger partial charge in [0.05, 0.1) is 31.0 Å². The summed E-state index contributed by atoms with van der Waals surface area (Å²) in [5, 5.41) is 2.66. The predicted octanol–water partition coefficient (Wildman–Crippen LogP) is 2.05. The lowest BCUT2D eigenvalue weighted by Gasteiger charge is -2.12. The Kier molecular flexibility index (Phi) is 4.63. The van der Waals surface area contributed by atoms with Gasteiger partial charge in [-0.2, -0.15) is 0 Å². The topological polar surface area (TPSA) is 90.7 Å². The quantitative estimate of drug-likeness (QED) is 0.884. The molecule has 2 amide bonds. The molecule has 0 saturated carbocycles. The molecule has 0 bridgehead atoms. The Morgan fingerprint density at radius 3 is 2.36 bits per heavy atom. The monoisotopic (exact) mass is 300 g/mol. The van der Waals surface area contributed by atoms with Gasteiger partial charge in [0, 0.05) is 0 Å². The molecule has 0 aliphatic rings. The van der Waals surface area contributed by atoms with Gasteiger partial charge in [0.1, 0.15) is 11.5 Å². The fourth-order valence-electron chi connectivity index (χ4n) is 1.99. The number of hydrogen-bond acceptors (Lipinski definition) is 4. The summed E-state index contributed by atoms with van der Waals surface area (Å²) in [6, 6.07) is 11.4. The summed E-state index contributed by atoms with van der Waals surface area (Å²) in [6.45, 7) is 0. The minimum absolute atomic E-state index is 0.234. The van der Waals surface area contributed by atoms with Crippen molar-refractivity contribution in [2.24, 2.45) is 5.73 Å². The van der Waals surface area contributed by atoms with Crippen LogP contribution in [0, 0.1) is 0 Å². The number of carbonyl (C=O) groups excluding carboxylic acids is 2. The van der Waals surface area contributed by atoms with Crippen LogP contribution in [0.4, 0.5) is 5.69 Å². The van der Waals surface area contributed by atoms with Crippen molar-refractivity contribution in [3.8, 4) is 11.5 Å². The number of ether oxygens (including phenoxy) is 2. The minimum Gasteiger partial charge on any atom is -0.497 e. The highest BCUT2D eigenvalue weighted by Crippen LogP contribution is 2.25. The van der Waals surface area contributed by atoms with E-state index in [-0.39, 0.29) is 5.56 Å². The Morgan fingerprint density at radius 2 is 1.73 bits per heavy atom. The van der Waals surface area contributed by atoms with Crippen molar-refractivity contribution in [2.75, 3.05) is 19.5 Å². The number of nitrogens with one attached hydrogen (secondary N) is 1. The van der Waals surface area contributed by atoms with E-state index in [1.807, 2.05) is 0 Å². The summed E-state index contributed by atoms with van der Waals surface area (Å²) in [5.41, 5.74) is 6.16. The minimum atomic E-state index is -0.617. The number of benzene rings is 2. The smallest absolute Gasteiger partial charge is 0.259 e. The Morgan fingerprint density at radius 1 is 1.00 bits per heavy atom. The molecule has 2 aromatic carbocycles. The third-order valence-electron chi connectivity index (χ3n) is 3.09. The number of carbonyl (C=O) groups is 2. The summed E-state index contributed by atoms with van der Waals surface area (Å²) < 4.78 is 10.3. The first-order chi connectivity index (χ1) is 10.6. The lowest BCUT2D eigenvalue weighted by atomic mass is 10.1. The highest BCUT2D eigenvalue weighted by Gasteiger charge is 2.16. The second-order valence-corrected chi connectivity index (χ2v) is 4.43. The number of para-hydroxylation sites is 1. The van der Waals surface area contributed by atoms with Gasteiger partial charge in [0.25, 0.3) is 11.8 Å². The standard InChI is InChI=1S/C16H16N2O4/c1-21-10-7-8-14(22-2)12(9-10)16(20)18-13-6-4-3-5-11(13)15(17)19/h3-9H,1-2H3,(H2,17,19)(H,18,20). The fraction of sp³-hybridized carbons (Fsp3) is 0.125. The van der Waals surface area contributed by atoms with E-state index >= 15 is 0 Å². The third-order valence-corrected chi connectivity index (χ3v) is 3.09. The number of methoxy groups -OCH3 is 2. The summed E-state index contributed by atoms with van der Waals surface area (Å²) in [7, 11) is 2.97. The van der Waals surface area contributed by atoms with Crippen molar-refractivity contribution in [3.05, 3.63) is 53.6 Å². The Balaban J connectivity index is 2.35. The Bertz CT molecular complexity index is 713. The van der Waals surface area contributed by atoms with E-state index in [1.54, 1.807) is 42.5 Å². The number of hydrogen-bond donors (Lipinski definition) is 2. The molecule has 0 aliphatic carbocycles. The van der Waals surface area contributed by atoms with E-state index in [0.717, 1.165) is 0 Å². The number of anilines is 1. The van der Waals surface area contributed by atoms with Gasteiger partial charge in [0.15, 0.2) is 0 Å². The second kappa shape index (κ2) is 6.62. The Hall–Kier alpha value is -3.02. The molecular weight excluding hydrogens is 284 g/mol. The summed E-state index contributed by atoms with van der Waals surface area (Å²) >= 11 is 0. The zero-order valence-corrected chi connectivity index (χ0v) is 12.3. The predicted molar refractivity (Wildman–Crippen MR) is 82.5 cm³/mol. The van der Waals surface area contributed by atoms with Crippen LogP contribution in [0.15, 0.2) is 42.5 Å². The molecule has 22 heavy (non-hydrogen) atoms. The molecule has 3 N–H and O–H groups in total. The first kappa shape index (κ1) is 15.4. The zero-order chi connectivity index (χ0) is 16.1. The van der Waals surface area contributed by atoms with Crippen LogP contribution >= 0.6 is 0 Å². The van der Waals surface area contributed by atoms with Crippen molar-refractivity contribution in [2.45, 2.75) is 0 Å². The maximum atomic E-state index is 12.4. The van der Waals surface area contributed by atoms with Gasteiger partial charge >= 0.3 is 0 Å². The molecular formula is C16H16N2O4. The highest BCUT2D eigenvalue weighted by atomic mass is 16.5. The molecule has 0 spiro atoms. The summed E-state index contributed by atoms with van der Waals surface area (Å²) in [6.07, 6.45) is 0. The van der Waals surface area contributed by atoms with Gasteiger partial charge in [-0.3, -0.25) is 9.59 Å². The molecule has 2 rings (SSSR count). The average Bonchev–Trinajstić information content (AvgIpc) is 2.54. The van der Waals surface area contributed by atoms with Crippen LogP contribution < -0.4 is 20.5 Å². The van der Waals surface area contributed by atoms with E-state index in [9.17, 15) is 9.59 Å². The van der Waals surface area contributed by atoms with Crippen LogP contribution in [0.3, 0.4) is 0 Å². The van der Waals surface area contributed by atoms with Crippen molar-refractivity contribution in [1.29, 1.82) is 0 Å². The lowest BCUT2D eigenvalue weighted by Crippen LogP contribution is -2.18. The fourth-order valence-corrected chi connectivity index (χ4v) is 1.99. The zero-order valence-electron chi connectivity index (χ0n) is 12.3. The van der Waals surface area contributed by atoms with E-state index in [4.69, 9.17) is 15.2 Å². The largest absolute Gasteiger partial charge is 0.497 e. The van der Waals surface area contributed by atoms with Gasteiger partial charge in [-0.1, -0.05) is 12.1 Å². The SMILES string of the molecule is COc1ccc(OC)c(C(=O)Nc2ccccc2C(N)=O)c1. The molecule has 0 aliphatic heterocycles. The number of rotatable bonds is 5. The maximum Gasteiger partial charge on any atom is 0.259 e. The molecule has 6 heteroatoms. The van der Waals surface area contributed by atoms with Crippen LogP contribution in [0.2, 0.25) is 0 Å². The van der Waals surface area contributed by atoms with Crippen LogP contribution in [-0.4, -0.2) is 26.0 Å². The van der Waals surface area contributed by atoms with E-state index < -0.39 is 11.8 Å². The van der Waals surface area contributed by atoms with E-state index in [2.05, 4.69) is 5.32 Å². The normalized spacial score (nSPS) is 9.91. The highest BCUT2D eigenvalue weighted by molar-refractivity contribution is 6.10. The van der Waals surface area contributed by atoms with Crippen molar-refractivity contribution >= 4 is 17.5 Å².